The van der Waals surface area contributed by atoms with Crippen molar-refractivity contribution >= 4 is 29.3 Å². The molecule has 0 fully saturated rings. The van der Waals surface area contributed by atoms with E-state index in [1.165, 1.54) is 29.5 Å². The lowest BCUT2D eigenvalue weighted by atomic mass is 9.82. The van der Waals surface area contributed by atoms with Gasteiger partial charge < -0.3 is 10.4 Å². The molecule has 1 heterocycles. The molecular weight excluding hydrogens is 446 g/mol. The van der Waals surface area contributed by atoms with Crippen molar-refractivity contribution in [2.45, 2.75) is 48.8 Å². The third-order valence-electron chi connectivity index (χ3n) is 6.06. The molecule has 1 aliphatic rings. The van der Waals surface area contributed by atoms with E-state index < -0.39 is 11.2 Å². The number of aromatic carboxylic acids is 1. The maximum Gasteiger partial charge on any atom is 0.335 e. The first-order chi connectivity index (χ1) is 16.5. The number of pyridine rings is 1. The largest absolute Gasteiger partial charge is 0.478 e. The quantitative estimate of drug-likeness (QED) is 0.445. The molecule has 0 bridgehead atoms. The molecule has 0 saturated carbocycles. The average Bonchev–Trinajstić information content (AvgIpc) is 2.87. The lowest BCUT2D eigenvalue weighted by Crippen LogP contribution is -2.25. The van der Waals surface area contributed by atoms with Crippen LogP contribution in [0.4, 0.5) is 5.69 Å². The van der Waals surface area contributed by atoms with Crippen LogP contribution in [0.25, 0.3) is 0 Å². The first-order valence-corrected chi connectivity index (χ1v) is 12.1. The second-order valence-electron chi connectivity index (χ2n) is 8.30. The molecule has 6 nitrogen and oxygen atoms in total. The highest BCUT2D eigenvalue weighted by Crippen LogP contribution is 2.35. The molecule has 2 aromatic carbocycles. The van der Waals surface area contributed by atoms with Crippen molar-refractivity contribution < 1.29 is 14.7 Å². The number of anilines is 1. The van der Waals surface area contributed by atoms with Crippen LogP contribution in [-0.4, -0.2) is 27.2 Å². The minimum Gasteiger partial charge on any atom is -0.478 e. The molecule has 0 spiro atoms. The number of aryl methyl sites for hydroxylation is 1. The second-order valence-corrected chi connectivity index (χ2v) is 9.49. The summed E-state index contributed by atoms with van der Waals surface area (Å²) in [5, 5.41) is 21.8. The van der Waals surface area contributed by atoms with Crippen molar-refractivity contribution in [3.8, 4) is 6.07 Å². The number of carboxylic acids is 1. The first kappa shape index (κ1) is 23.5. The summed E-state index contributed by atoms with van der Waals surface area (Å²) in [5.74, 6) is -0.803. The van der Waals surface area contributed by atoms with E-state index in [-0.39, 0.29) is 11.5 Å². The molecule has 1 aliphatic carbocycles. The molecule has 7 heteroatoms. The summed E-state index contributed by atoms with van der Waals surface area (Å²) in [6.45, 7) is 1.92. The predicted octanol–water partition coefficient (Wildman–Crippen LogP) is 5.43. The highest BCUT2D eigenvalue weighted by atomic mass is 32.2. The van der Waals surface area contributed by atoms with Crippen LogP contribution in [0.15, 0.2) is 65.7 Å². The van der Waals surface area contributed by atoms with Crippen molar-refractivity contribution in [3.05, 3.63) is 88.6 Å². The van der Waals surface area contributed by atoms with Crippen molar-refractivity contribution in [2.24, 2.45) is 0 Å². The van der Waals surface area contributed by atoms with Gasteiger partial charge in [0.05, 0.1) is 16.4 Å². The molecule has 34 heavy (non-hydrogen) atoms. The van der Waals surface area contributed by atoms with Crippen LogP contribution in [-0.2, 0) is 17.6 Å². The van der Waals surface area contributed by atoms with Crippen molar-refractivity contribution in [3.63, 3.8) is 0 Å². The Hall–Kier alpha value is -3.63. The molecule has 1 amide bonds. The Morgan fingerprint density at radius 1 is 1.21 bits per heavy atom. The number of nitrogens with zero attached hydrogens (tertiary/aromatic N) is 2. The molecule has 4 rings (SSSR count). The lowest BCUT2D eigenvalue weighted by molar-refractivity contribution is -0.115. The van der Waals surface area contributed by atoms with Gasteiger partial charge in [0, 0.05) is 11.4 Å². The zero-order chi connectivity index (χ0) is 24.1. The normalized spacial score (nSPS) is 15.6. The fourth-order valence-electron chi connectivity index (χ4n) is 4.20. The Balaban J connectivity index is 1.49. The number of carboxylic acid groups (broad SMARTS) is 1. The number of nitriles is 1. The van der Waals surface area contributed by atoms with Gasteiger partial charge in [0.15, 0.2) is 0 Å². The number of carbonyl (C=O) groups is 2. The SMILES string of the molecule is CCC(Sc1nc2c(cc1C#N)CC(c1ccccc1)CC2)C(=O)Nc1ccc(C(=O)O)cc1. The third kappa shape index (κ3) is 5.29. The van der Waals surface area contributed by atoms with E-state index in [1.54, 1.807) is 12.1 Å². The molecule has 3 aromatic rings. The number of amides is 1. The highest BCUT2D eigenvalue weighted by molar-refractivity contribution is 8.00. The number of hydrogen-bond donors (Lipinski definition) is 2. The van der Waals surface area contributed by atoms with E-state index >= 15 is 0 Å². The van der Waals surface area contributed by atoms with Crippen LogP contribution in [0.2, 0.25) is 0 Å². The fourth-order valence-corrected chi connectivity index (χ4v) is 5.20. The summed E-state index contributed by atoms with van der Waals surface area (Å²) in [6.07, 6.45) is 3.26. The van der Waals surface area contributed by atoms with E-state index in [2.05, 4.69) is 35.7 Å². The molecular formula is C27H25N3O3S. The fraction of sp³-hybridized carbons (Fsp3) is 0.259. The zero-order valence-electron chi connectivity index (χ0n) is 18.8. The van der Waals surface area contributed by atoms with Gasteiger partial charge in [0.2, 0.25) is 5.91 Å². The summed E-state index contributed by atoms with van der Waals surface area (Å²) in [6, 6.07) is 20.7. The number of fused-ring (bicyclic) bond motifs is 1. The van der Waals surface area contributed by atoms with Crippen molar-refractivity contribution in [2.75, 3.05) is 5.32 Å². The Kier molecular flexibility index (Phi) is 7.29. The number of thioether (sulfide) groups is 1. The molecule has 0 saturated heterocycles. The molecule has 1 aromatic heterocycles. The van der Waals surface area contributed by atoms with Crippen LogP contribution < -0.4 is 5.32 Å². The number of benzene rings is 2. The van der Waals surface area contributed by atoms with Crippen LogP contribution >= 0.6 is 11.8 Å². The van der Waals surface area contributed by atoms with Gasteiger partial charge in [-0.3, -0.25) is 4.79 Å². The molecule has 2 unspecified atom stereocenters. The Morgan fingerprint density at radius 2 is 1.94 bits per heavy atom. The summed E-state index contributed by atoms with van der Waals surface area (Å²) in [7, 11) is 0. The minimum atomic E-state index is -1.02. The molecule has 2 atom stereocenters. The number of nitrogens with one attached hydrogen (secondary N) is 1. The maximum atomic E-state index is 12.9. The number of hydrogen-bond acceptors (Lipinski definition) is 5. The maximum absolute atomic E-state index is 12.9. The summed E-state index contributed by atoms with van der Waals surface area (Å²) in [5.41, 5.74) is 4.61. The van der Waals surface area contributed by atoms with Gasteiger partial charge >= 0.3 is 5.97 Å². The predicted molar refractivity (Wildman–Crippen MR) is 132 cm³/mol. The zero-order valence-corrected chi connectivity index (χ0v) is 19.6. The second kappa shape index (κ2) is 10.5. The van der Waals surface area contributed by atoms with Crippen LogP contribution in [0.3, 0.4) is 0 Å². The van der Waals surface area contributed by atoms with Crippen molar-refractivity contribution in [1.82, 2.24) is 4.98 Å². The molecule has 172 valence electrons. The van der Waals surface area contributed by atoms with Gasteiger partial charge in [0.25, 0.3) is 0 Å². The third-order valence-corrected chi connectivity index (χ3v) is 7.43. The highest BCUT2D eigenvalue weighted by Gasteiger charge is 2.26. The van der Waals surface area contributed by atoms with E-state index in [4.69, 9.17) is 10.1 Å². The Bertz CT molecular complexity index is 1240. The Morgan fingerprint density at radius 3 is 2.59 bits per heavy atom. The Labute approximate surface area is 203 Å². The van der Waals surface area contributed by atoms with Crippen molar-refractivity contribution in [1.29, 1.82) is 5.26 Å². The molecule has 2 N–H and O–H groups in total. The number of aromatic nitrogens is 1. The van der Waals surface area contributed by atoms with Gasteiger partial charge in [-0.15, -0.1) is 0 Å². The van der Waals surface area contributed by atoms with E-state index in [1.807, 2.05) is 19.1 Å². The van der Waals surface area contributed by atoms with Crippen LogP contribution in [0.1, 0.15) is 58.4 Å². The lowest BCUT2D eigenvalue weighted by Gasteiger charge is -2.25. The standard InChI is InChI=1S/C27H25N3O3S/c1-2-24(25(31)29-22-11-8-18(9-12-22)27(32)33)34-26-21(16-28)15-20-14-19(10-13-23(20)30-26)17-6-4-3-5-7-17/h3-9,11-12,15,19,24H,2,10,13-14H2,1H3,(H,29,31)(H,32,33). The summed E-state index contributed by atoms with van der Waals surface area (Å²) >= 11 is 1.31. The molecule has 0 radical (unpaired) electrons. The van der Waals surface area contributed by atoms with Gasteiger partial charge in [-0.05, 0) is 73.1 Å². The van der Waals surface area contributed by atoms with Gasteiger partial charge in [0.1, 0.15) is 11.1 Å². The summed E-state index contributed by atoms with van der Waals surface area (Å²) in [4.78, 5) is 28.7. The van der Waals surface area contributed by atoms with Gasteiger partial charge in [-0.1, -0.05) is 49.0 Å². The average molecular weight is 472 g/mol. The number of carbonyl (C=O) groups excluding carboxylic acids is 1. The summed E-state index contributed by atoms with van der Waals surface area (Å²) < 4.78 is 0. The van der Waals surface area contributed by atoms with E-state index in [9.17, 15) is 14.9 Å². The monoisotopic (exact) mass is 471 g/mol. The van der Waals surface area contributed by atoms with E-state index in [0.29, 0.717) is 28.6 Å². The van der Waals surface area contributed by atoms with Crippen LogP contribution in [0, 0.1) is 11.3 Å². The van der Waals surface area contributed by atoms with Gasteiger partial charge in [-0.2, -0.15) is 5.26 Å². The minimum absolute atomic E-state index is 0.158. The molecule has 0 aliphatic heterocycles. The van der Waals surface area contributed by atoms with Gasteiger partial charge in [-0.25, -0.2) is 9.78 Å². The smallest absolute Gasteiger partial charge is 0.335 e. The van der Waals surface area contributed by atoms with Crippen LogP contribution in [0.5, 0.6) is 0 Å². The first-order valence-electron chi connectivity index (χ1n) is 11.3. The number of rotatable bonds is 7. The topological polar surface area (TPSA) is 103 Å². The van der Waals surface area contributed by atoms with E-state index in [0.717, 1.165) is 30.5 Å².